The van der Waals surface area contributed by atoms with Gasteiger partial charge < -0.3 is 4.98 Å². The summed E-state index contributed by atoms with van der Waals surface area (Å²) < 4.78 is 0. The summed E-state index contributed by atoms with van der Waals surface area (Å²) in [5, 5.41) is 1.36. The molecule has 128 valence electrons. The molecule has 0 amide bonds. The highest BCUT2D eigenvalue weighted by Gasteiger charge is 2.16. The van der Waals surface area contributed by atoms with Gasteiger partial charge in [-0.3, -0.25) is 4.98 Å². The van der Waals surface area contributed by atoms with Crippen LogP contribution < -0.4 is 0 Å². The van der Waals surface area contributed by atoms with Crippen molar-refractivity contribution >= 4 is 23.2 Å². The summed E-state index contributed by atoms with van der Waals surface area (Å²) in [6, 6.07) is 17.5. The Labute approximate surface area is 161 Å². The number of imidazole rings is 1. The Morgan fingerprint density at radius 3 is 2.27 bits per heavy atom. The van der Waals surface area contributed by atoms with Crippen LogP contribution in [0.5, 0.6) is 0 Å². The van der Waals surface area contributed by atoms with Gasteiger partial charge in [-0.15, -0.1) is 0 Å². The summed E-state index contributed by atoms with van der Waals surface area (Å²) in [7, 11) is 0. The van der Waals surface area contributed by atoms with E-state index in [4.69, 9.17) is 28.2 Å². The lowest BCUT2D eigenvalue weighted by atomic mass is 10.1. The molecule has 2 aromatic heterocycles. The molecule has 2 heterocycles. The standard InChI is InChI=1S/C21H15Cl2N3/c1-13-2-7-17(18(23)12-13)21-25-19(14-3-5-16(22)6-4-14)20(26-21)15-8-10-24-11-9-15/h2-12H,1H3,(H,25,26). The Morgan fingerprint density at radius 1 is 0.846 bits per heavy atom. The maximum atomic E-state index is 6.45. The van der Waals surface area contributed by atoms with Crippen molar-refractivity contribution in [3.8, 4) is 33.9 Å². The molecule has 0 aliphatic carbocycles. The molecule has 0 saturated carbocycles. The number of aromatic nitrogens is 3. The van der Waals surface area contributed by atoms with Crippen molar-refractivity contribution in [1.29, 1.82) is 0 Å². The zero-order chi connectivity index (χ0) is 18.1. The van der Waals surface area contributed by atoms with Crippen LogP contribution in [0.2, 0.25) is 10.0 Å². The summed E-state index contributed by atoms with van der Waals surface area (Å²) in [6.45, 7) is 2.01. The molecule has 0 unspecified atom stereocenters. The molecule has 5 heteroatoms. The van der Waals surface area contributed by atoms with Crippen molar-refractivity contribution < 1.29 is 0 Å². The normalized spacial score (nSPS) is 10.9. The number of pyridine rings is 1. The van der Waals surface area contributed by atoms with Crippen molar-refractivity contribution in [2.24, 2.45) is 0 Å². The SMILES string of the molecule is Cc1ccc(-c2nc(-c3ccc(Cl)cc3)c(-c3ccncc3)[nH]2)c(Cl)c1. The number of H-pyrrole nitrogens is 1. The highest BCUT2D eigenvalue weighted by molar-refractivity contribution is 6.33. The lowest BCUT2D eigenvalue weighted by Gasteiger charge is -2.03. The fourth-order valence-corrected chi connectivity index (χ4v) is 3.31. The summed E-state index contributed by atoms with van der Waals surface area (Å²) in [5.74, 6) is 0.728. The van der Waals surface area contributed by atoms with Crippen LogP contribution in [-0.2, 0) is 0 Å². The van der Waals surface area contributed by atoms with Crippen molar-refractivity contribution in [2.75, 3.05) is 0 Å². The minimum absolute atomic E-state index is 0.669. The summed E-state index contributed by atoms with van der Waals surface area (Å²) in [5.41, 5.74) is 5.73. The molecule has 0 saturated heterocycles. The third kappa shape index (κ3) is 3.24. The van der Waals surface area contributed by atoms with Gasteiger partial charge in [0.15, 0.2) is 0 Å². The third-order valence-corrected chi connectivity index (χ3v) is 4.73. The van der Waals surface area contributed by atoms with Gasteiger partial charge >= 0.3 is 0 Å². The first-order valence-electron chi connectivity index (χ1n) is 8.14. The van der Waals surface area contributed by atoms with Crippen LogP contribution in [0.1, 0.15) is 5.56 Å². The van der Waals surface area contributed by atoms with Gasteiger partial charge in [-0.05, 0) is 48.9 Å². The van der Waals surface area contributed by atoms with E-state index < -0.39 is 0 Å². The fraction of sp³-hybridized carbons (Fsp3) is 0.0476. The monoisotopic (exact) mass is 379 g/mol. The van der Waals surface area contributed by atoms with Crippen LogP contribution >= 0.6 is 23.2 Å². The van der Waals surface area contributed by atoms with Crippen LogP contribution in [0.3, 0.4) is 0 Å². The minimum Gasteiger partial charge on any atom is -0.337 e. The zero-order valence-electron chi connectivity index (χ0n) is 14.0. The van der Waals surface area contributed by atoms with Crippen LogP contribution in [0, 0.1) is 6.92 Å². The largest absolute Gasteiger partial charge is 0.337 e. The van der Waals surface area contributed by atoms with Crippen LogP contribution in [0.4, 0.5) is 0 Å². The number of hydrogen-bond acceptors (Lipinski definition) is 2. The molecule has 0 radical (unpaired) electrons. The Balaban J connectivity index is 1.91. The van der Waals surface area contributed by atoms with Gasteiger partial charge in [0.25, 0.3) is 0 Å². The molecule has 4 aromatic rings. The first kappa shape index (κ1) is 16.8. The van der Waals surface area contributed by atoms with Crippen LogP contribution in [0.15, 0.2) is 67.0 Å². The van der Waals surface area contributed by atoms with Gasteiger partial charge in [-0.1, -0.05) is 41.4 Å². The Morgan fingerprint density at radius 2 is 1.58 bits per heavy atom. The molecule has 0 atom stereocenters. The number of hydrogen-bond donors (Lipinski definition) is 1. The molecular weight excluding hydrogens is 365 g/mol. The number of halogens is 2. The molecule has 0 spiro atoms. The van der Waals surface area contributed by atoms with Gasteiger partial charge in [0.05, 0.1) is 16.4 Å². The number of benzene rings is 2. The number of aryl methyl sites for hydroxylation is 1. The predicted molar refractivity (Wildman–Crippen MR) is 107 cm³/mol. The second-order valence-electron chi connectivity index (χ2n) is 6.04. The van der Waals surface area contributed by atoms with E-state index in [9.17, 15) is 0 Å². The van der Waals surface area contributed by atoms with Gasteiger partial charge in [-0.2, -0.15) is 0 Å². The van der Waals surface area contributed by atoms with Crippen molar-refractivity contribution in [2.45, 2.75) is 6.92 Å². The van der Waals surface area contributed by atoms with Crippen LogP contribution in [0.25, 0.3) is 33.9 Å². The van der Waals surface area contributed by atoms with E-state index in [0.717, 1.165) is 39.5 Å². The molecule has 2 aromatic carbocycles. The first-order chi connectivity index (χ1) is 12.6. The van der Waals surface area contributed by atoms with Crippen molar-refractivity contribution in [3.63, 3.8) is 0 Å². The predicted octanol–water partition coefficient (Wildman–Crippen LogP) is 6.42. The summed E-state index contributed by atoms with van der Waals surface area (Å²) in [6.07, 6.45) is 3.53. The molecular formula is C21H15Cl2N3. The maximum Gasteiger partial charge on any atom is 0.140 e. The quantitative estimate of drug-likeness (QED) is 0.446. The van der Waals surface area contributed by atoms with Gasteiger partial charge in [0.1, 0.15) is 5.82 Å². The number of aromatic amines is 1. The fourth-order valence-electron chi connectivity index (χ4n) is 2.86. The summed E-state index contributed by atoms with van der Waals surface area (Å²) >= 11 is 12.5. The topological polar surface area (TPSA) is 41.6 Å². The average molecular weight is 380 g/mol. The second kappa shape index (κ2) is 6.94. The van der Waals surface area contributed by atoms with E-state index in [1.807, 2.05) is 61.5 Å². The van der Waals surface area contributed by atoms with Crippen molar-refractivity contribution in [1.82, 2.24) is 15.0 Å². The molecule has 3 nitrogen and oxygen atoms in total. The van der Waals surface area contributed by atoms with Crippen molar-refractivity contribution in [3.05, 3.63) is 82.6 Å². The van der Waals surface area contributed by atoms with Gasteiger partial charge in [0.2, 0.25) is 0 Å². The lowest BCUT2D eigenvalue weighted by molar-refractivity contribution is 1.29. The van der Waals surface area contributed by atoms with E-state index in [0.29, 0.717) is 10.0 Å². The molecule has 1 N–H and O–H groups in total. The number of nitrogens with one attached hydrogen (secondary N) is 1. The smallest absolute Gasteiger partial charge is 0.140 e. The molecule has 26 heavy (non-hydrogen) atoms. The molecule has 0 aliphatic heterocycles. The van der Waals surface area contributed by atoms with E-state index in [-0.39, 0.29) is 0 Å². The molecule has 0 bridgehead atoms. The van der Waals surface area contributed by atoms with E-state index in [1.54, 1.807) is 12.4 Å². The molecule has 0 fully saturated rings. The minimum atomic E-state index is 0.669. The van der Waals surface area contributed by atoms with Gasteiger partial charge in [-0.25, -0.2) is 4.98 Å². The molecule has 0 aliphatic rings. The highest BCUT2D eigenvalue weighted by Crippen LogP contribution is 2.35. The van der Waals surface area contributed by atoms with Gasteiger partial charge in [0, 0.05) is 34.1 Å². The van der Waals surface area contributed by atoms with Crippen LogP contribution in [-0.4, -0.2) is 15.0 Å². The maximum absolute atomic E-state index is 6.45. The highest BCUT2D eigenvalue weighted by atomic mass is 35.5. The zero-order valence-corrected chi connectivity index (χ0v) is 15.5. The lowest BCUT2D eigenvalue weighted by Crippen LogP contribution is -1.84. The third-order valence-electron chi connectivity index (χ3n) is 4.17. The number of nitrogens with zero attached hydrogens (tertiary/aromatic N) is 2. The Hall–Kier alpha value is -2.62. The Kier molecular flexibility index (Phi) is 4.49. The van der Waals surface area contributed by atoms with E-state index in [1.165, 1.54) is 0 Å². The Bertz CT molecular complexity index is 1050. The van der Waals surface area contributed by atoms with E-state index in [2.05, 4.69) is 9.97 Å². The number of rotatable bonds is 3. The summed E-state index contributed by atoms with van der Waals surface area (Å²) in [4.78, 5) is 12.4. The molecule has 4 rings (SSSR count). The second-order valence-corrected chi connectivity index (χ2v) is 6.88. The average Bonchev–Trinajstić information content (AvgIpc) is 3.08. The van der Waals surface area contributed by atoms with E-state index >= 15 is 0 Å². The first-order valence-corrected chi connectivity index (χ1v) is 8.90.